The summed E-state index contributed by atoms with van der Waals surface area (Å²) in [6.07, 6.45) is 6.66. The Morgan fingerprint density at radius 2 is 1.81 bits per heavy atom. The van der Waals surface area contributed by atoms with E-state index in [1.165, 1.54) is 24.1 Å². The van der Waals surface area contributed by atoms with Crippen LogP contribution in [-0.2, 0) is 5.41 Å². The second-order valence-electron chi connectivity index (χ2n) is 11.3. The molecule has 2 fully saturated rings. The maximum atomic E-state index is 6.27. The fourth-order valence-corrected chi connectivity index (χ4v) is 6.48. The number of rotatable bonds is 2. The zero-order valence-electron chi connectivity index (χ0n) is 22.0. The zero-order valence-corrected chi connectivity index (χ0v) is 22.8. The Morgan fingerprint density at radius 1 is 1.05 bits per heavy atom. The van der Waals surface area contributed by atoms with Crippen LogP contribution >= 0.6 is 11.6 Å². The molecule has 0 amide bonds. The molecule has 2 atom stereocenters. The summed E-state index contributed by atoms with van der Waals surface area (Å²) in [7, 11) is 2.17. The third-order valence-electron chi connectivity index (χ3n) is 8.77. The van der Waals surface area contributed by atoms with Crippen molar-refractivity contribution in [2.75, 3.05) is 43.0 Å². The van der Waals surface area contributed by atoms with Gasteiger partial charge in [-0.3, -0.25) is 0 Å². The summed E-state index contributed by atoms with van der Waals surface area (Å²) in [6, 6.07) is 13.2. The molecule has 0 radical (unpaired) electrons. The van der Waals surface area contributed by atoms with Crippen molar-refractivity contribution in [2.45, 2.75) is 62.9 Å². The lowest BCUT2D eigenvalue weighted by Crippen LogP contribution is -2.56. The predicted octanol–water partition coefficient (Wildman–Crippen LogP) is 5.15. The summed E-state index contributed by atoms with van der Waals surface area (Å²) >= 11 is 6.27. The number of nitrogens with zero attached hydrogens (tertiary/aromatic N) is 6. The van der Waals surface area contributed by atoms with Crippen molar-refractivity contribution in [3.05, 3.63) is 65.0 Å². The van der Waals surface area contributed by atoms with Gasteiger partial charge in [0.1, 0.15) is 11.6 Å². The third kappa shape index (κ3) is 4.36. The second-order valence-corrected chi connectivity index (χ2v) is 11.8. The van der Waals surface area contributed by atoms with E-state index in [9.17, 15) is 0 Å². The predicted molar refractivity (Wildman–Crippen MR) is 152 cm³/mol. The average Bonchev–Trinajstić information content (AvgIpc) is 3.32. The number of anilines is 2. The van der Waals surface area contributed by atoms with Crippen molar-refractivity contribution in [1.29, 1.82) is 0 Å². The molecular weight excluding hydrogens is 482 g/mol. The first-order valence-electron chi connectivity index (χ1n) is 13.7. The smallest absolute Gasteiger partial charge is 0.160 e. The van der Waals surface area contributed by atoms with Crippen LogP contribution in [-0.4, -0.2) is 58.8 Å². The number of hydrogen-bond donors (Lipinski definition) is 1. The number of allylic oxidation sites excluding steroid dienone is 1. The average molecular weight is 520 g/mol. The molecule has 6 rings (SSSR count). The number of fused-ring (bicyclic) bond motifs is 3. The molecule has 2 unspecified atom stereocenters. The van der Waals surface area contributed by atoms with Crippen LogP contribution in [0, 0.1) is 0 Å². The molecule has 2 aromatic heterocycles. The van der Waals surface area contributed by atoms with Gasteiger partial charge in [-0.05, 0) is 49.8 Å². The van der Waals surface area contributed by atoms with Crippen LogP contribution in [0.5, 0.6) is 0 Å². The summed E-state index contributed by atoms with van der Waals surface area (Å²) in [5, 5.41) is 5.96. The molecule has 3 aromatic rings. The topological polar surface area (TPSA) is 65.9 Å². The van der Waals surface area contributed by atoms with Crippen molar-refractivity contribution in [3.63, 3.8) is 0 Å². The highest BCUT2D eigenvalue weighted by molar-refractivity contribution is 6.30. The summed E-state index contributed by atoms with van der Waals surface area (Å²) < 4.78 is 2.05. The quantitative estimate of drug-likeness (QED) is 0.505. The van der Waals surface area contributed by atoms with Crippen LogP contribution in [0.3, 0.4) is 0 Å². The fraction of sp³-hybridized carbons (Fsp3) is 0.517. The molecule has 7 nitrogen and oxygen atoms in total. The van der Waals surface area contributed by atoms with Crippen LogP contribution in [0.1, 0.15) is 62.7 Å². The van der Waals surface area contributed by atoms with Crippen LogP contribution in [0.15, 0.2) is 48.7 Å². The number of hydrogen-bond acceptors (Lipinski definition) is 6. The minimum atomic E-state index is -0.171. The first-order chi connectivity index (χ1) is 17.8. The number of benzene rings is 1. The summed E-state index contributed by atoms with van der Waals surface area (Å²) in [5.41, 5.74) is 10.4. The zero-order chi connectivity index (χ0) is 25.7. The molecule has 2 bridgehead atoms. The molecule has 2 saturated heterocycles. The van der Waals surface area contributed by atoms with Crippen molar-refractivity contribution in [1.82, 2.24) is 19.5 Å². The first-order valence-corrected chi connectivity index (χ1v) is 14.1. The number of halogens is 1. The van der Waals surface area contributed by atoms with E-state index in [2.05, 4.69) is 52.9 Å². The molecule has 3 aliphatic rings. The van der Waals surface area contributed by atoms with Gasteiger partial charge in [0, 0.05) is 67.5 Å². The standard InChI is InChI=1S/C29H38ClN7/c1-20-29(2,21-9-11-22(30)12-10-21)13-5-7-14-34(3)28-17-26(35-18-23(31)19-35)32-27-16-24(33-37(27)28)25-8-4-6-15-36(20)25/h9-12,16-17,23,25H,1,4-8,13-15,18-19,31H2,2-3H3. The lowest BCUT2D eigenvalue weighted by molar-refractivity contribution is 0.163. The van der Waals surface area contributed by atoms with Gasteiger partial charge in [0.25, 0.3) is 0 Å². The lowest BCUT2D eigenvalue weighted by Gasteiger charge is -2.45. The summed E-state index contributed by atoms with van der Waals surface area (Å²) in [6.45, 7) is 10.8. The van der Waals surface area contributed by atoms with Gasteiger partial charge in [0.05, 0.1) is 11.7 Å². The van der Waals surface area contributed by atoms with E-state index in [0.717, 1.165) is 79.9 Å². The van der Waals surface area contributed by atoms with Gasteiger partial charge in [0.2, 0.25) is 0 Å². The van der Waals surface area contributed by atoms with Gasteiger partial charge >= 0.3 is 0 Å². The molecule has 37 heavy (non-hydrogen) atoms. The Morgan fingerprint density at radius 3 is 2.57 bits per heavy atom. The highest BCUT2D eigenvalue weighted by Gasteiger charge is 2.38. The molecule has 1 aromatic carbocycles. The van der Waals surface area contributed by atoms with Crippen molar-refractivity contribution in [2.24, 2.45) is 5.73 Å². The largest absolute Gasteiger partial charge is 0.366 e. The van der Waals surface area contributed by atoms with Gasteiger partial charge in [-0.25, -0.2) is 4.98 Å². The molecule has 5 heterocycles. The molecule has 8 heteroatoms. The van der Waals surface area contributed by atoms with E-state index in [4.69, 9.17) is 34.0 Å². The highest BCUT2D eigenvalue weighted by atomic mass is 35.5. The van der Waals surface area contributed by atoms with Gasteiger partial charge in [0.15, 0.2) is 5.65 Å². The minimum absolute atomic E-state index is 0.171. The van der Waals surface area contributed by atoms with Crippen molar-refractivity contribution in [3.8, 4) is 0 Å². The maximum Gasteiger partial charge on any atom is 0.160 e. The summed E-state index contributed by atoms with van der Waals surface area (Å²) in [5.74, 6) is 2.09. The van der Waals surface area contributed by atoms with E-state index < -0.39 is 0 Å². The molecule has 196 valence electrons. The Hall–Kier alpha value is -2.77. The minimum Gasteiger partial charge on any atom is -0.366 e. The molecule has 2 N–H and O–H groups in total. The molecule has 3 aliphatic heterocycles. The molecular formula is C29H38ClN7. The maximum absolute atomic E-state index is 6.27. The molecule has 0 spiro atoms. The van der Waals surface area contributed by atoms with E-state index in [-0.39, 0.29) is 17.5 Å². The number of piperidine rings is 1. The van der Waals surface area contributed by atoms with E-state index in [1.807, 2.05) is 16.6 Å². The molecule has 0 aliphatic carbocycles. The third-order valence-corrected chi connectivity index (χ3v) is 9.02. The highest BCUT2D eigenvalue weighted by Crippen LogP contribution is 2.44. The normalized spacial score (nSPS) is 25.5. The van der Waals surface area contributed by atoms with E-state index >= 15 is 0 Å². The van der Waals surface area contributed by atoms with Crippen LogP contribution in [0.25, 0.3) is 5.65 Å². The lowest BCUT2D eigenvalue weighted by atomic mass is 9.74. The number of nitrogens with two attached hydrogens (primary N) is 1. The van der Waals surface area contributed by atoms with Gasteiger partial charge in [-0.1, -0.05) is 43.7 Å². The number of aromatic nitrogens is 3. The fourth-order valence-electron chi connectivity index (χ4n) is 6.35. The second kappa shape index (κ2) is 9.52. The summed E-state index contributed by atoms with van der Waals surface area (Å²) in [4.78, 5) is 12.2. The van der Waals surface area contributed by atoms with E-state index in [0.29, 0.717) is 0 Å². The Bertz CT molecular complexity index is 1300. The van der Waals surface area contributed by atoms with Crippen LogP contribution < -0.4 is 15.5 Å². The van der Waals surface area contributed by atoms with Crippen LogP contribution in [0.2, 0.25) is 5.02 Å². The monoisotopic (exact) mass is 519 g/mol. The SMILES string of the molecule is C=C1N2CCCCC2c2cc3nc(N4CC(N)C4)cc(n3n2)N(C)CCCCC1(C)c1ccc(Cl)cc1. The van der Waals surface area contributed by atoms with Gasteiger partial charge < -0.3 is 20.4 Å². The van der Waals surface area contributed by atoms with Crippen LogP contribution in [0.4, 0.5) is 11.6 Å². The molecule has 0 saturated carbocycles. The first kappa shape index (κ1) is 24.6. The van der Waals surface area contributed by atoms with Gasteiger partial charge in [-0.15, -0.1) is 0 Å². The Labute approximate surface area is 224 Å². The Balaban J connectivity index is 1.44. The van der Waals surface area contributed by atoms with Gasteiger partial charge in [-0.2, -0.15) is 9.61 Å². The van der Waals surface area contributed by atoms with Crippen molar-refractivity contribution < 1.29 is 0 Å². The van der Waals surface area contributed by atoms with Crippen molar-refractivity contribution >= 4 is 28.9 Å². The Kier molecular flexibility index (Phi) is 6.32. The van der Waals surface area contributed by atoms with E-state index in [1.54, 1.807) is 0 Å².